The molecule has 0 unspecified atom stereocenters. The van der Waals surface area contributed by atoms with Crippen LogP contribution in [0.4, 0.5) is 0 Å². The van der Waals surface area contributed by atoms with Crippen molar-refractivity contribution in [1.29, 1.82) is 0 Å². The third kappa shape index (κ3) is 4.59. The monoisotopic (exact) mass is 447 g/mol. The van der Waals surface area contributed by atoms with Gasteiger partial charge in [0.15, 0.2) is 12.4 Å². The molecule has 0 spiro atoms. The minimum atomic E-state index is -3.22. The number of hydrogen-bond acceptors (Lipinski definition) is 6. The summed E-state index contributed by atoms with van der Waals surface area (Å²) in [6.45, 7) is 6.07. The van der Waals surface area contributed by atoms with Crippen LogP contribution in [0.3, 0.4) is 0 Å². The van der Waals surface area contributed by atoms with Gasteiger partial charge in [-0.2, -0.15) is 0 Å². The van der Waals surface area contributed by atoms with Crippen LogP contribution in [0.2, 0.25) is 0 Å². The summed E-state index contributed by atoms with van der Waals surface area (Å²) in [6, 6.07) is 9.28. The number of aromatic nitrogens is 3. The number of para-hydroxylation sites is 1. The largest absolute Gasteiger partial charge is 0.484 e. The molecule has 9 nitrogen and oxygen atoms in total. The summed E-state index contributed by atoms with van der Waals surface area (Å²) in [5, 5.41) is 8.33. The fraction of sp³-hybridized carbons (Fsp3) is 0.571. The van der Waals surface area contributed by atoms with Gasteiger partial charge in [-0.1, -0.05) is 18.2 Å². The van der Waals surface area contributed by atoms with Crippen LogP contribution in [0.15, 0.2) is 30.3 Å². The lowest BCUT2D eigenvalue weighted by atomic mass is 9.97. The Balaban J connectivity index is 1.35. The SMILES string of the molecule is CC(C)S(=O)(=O)N1CCC(c2nnc3n2CCN(C(=O)COc2ccccc2)C3)CC1. The molecular formula is C21H29N5O4S. The average Bonchev–Trinajstić information content (AvgIpc) is 3.21. The van der Waals surface area contributed by atoms with Crippen molar-refractivity contribution >= 4 is 15.9 Å². The van der Waals surface area contributed by atoms with Gasteiger partial charge in [-0.3, -0.25) is 4.79 Å². The smallest absolute Gasteiger partial charge is 0.260 e. The van der Waals surface area contributed by atoms with Gasteiger partial charge in [0.25, 0.3) is 5.91 Å². The van der Waals surface area contributed by atoms with E-state index in [0.29, 0.717) is 38.5 Å². The number of sulfonamides is 1. The molecule has 1 aromatic heterocycles. The lowest BCUT2D eigenvalue weighted by molar-refractivity contribution is -0.134. The lowest BCUT2D eigenvalue weighted by Gasteiger charge is -2.33. The Morgan fingerprint density at radius 3 is 2.48 bits per heavy atom. The molecule has 4 rings (SSSR count). The molecule has 1 fully saturated rings. The molecule has 31 heavy (non-hydrogen) atoms. The van der Waals surface area contributed by atoms with E-state index in [1.54, 1.807) is 23.1 Å². The van der Waals surface area contributed by atoms with E-state index in [9.17, 15) is 13.2 Å². The summed E-state index contributed by atoms with van der Waals surface area (Å²) in [7, 11) is -3.22. The van der Waals surface area contributed by atoms with E-state index in [0.717, 1.165) is 24.5 Å². The third-order valence-corrected chi connectivity index (χ3v) is 8.29. The van der Waals surface area contributed by atoms with Crippen LogP contribution in [0, 0.1) is 0 Å². The van der Waals surface area contributed by atoms with Crippen LogP contribution in [0.25, 0.3) is 0 Å². The van der Waals surface area contributed by atoms with Gasteiger partial charge in [-0.25, -0.2) is 12.7 Å². The number of nitrogens with zero attached hydrogens (tertiary/aromatic N) is 5. The van der Waals surface area contributed by atoms with Crippen LogP contribution in [0.1, 0.15) is 44.3 Å². The van der Waals surface area contributed by atoms with Crippen molar-refractivity contribution in [3.8, 4) is 5.75 Å². The molecule has 1 amide bonds. The Morgan fingerprint density at radius 1 is 1.10 bits per heavy atom. The number of carbonyl (C=O) groups excluding carboxylic acids is 1. The molecule has 0 bridgehead atoms. The van der Waals surface area contributed by atoms with Crippen molar-refractivity contribution in [2.75, 3.05) is 26.2 Å². The van der Waals surface area contributed by atoms with Gasteiger partial charge in [-0.05, 0) is 38.8 Å². The molecule has 0 atom stereocenters. The van der Waals surface area contributed by atoms with Crippen LogP contribution in [-0.4, -0.2) is 69.8 Å². The molecule has 2 aliphatic rings. The molecule has 3 heterocycles. The quantitative estimate of drug-likeness (QED) is 0.667. The fourth-order valence-electron chi connectivity index (χ4n) is 4.11. The minimum absolute atomic E-state index is 0.00616. The van der Waals surface area contributed by atoms with E-state index < -0.39 is 15.3 Å². The number of amides is 1. The zero-order chi connectivity index (χ0) is 22.0. The van der Waals surface area contributed by atoms with E-state index in [-0.39, 0.29) is 18.4 Å². The van der Waals surface area contributed by atoms with Gasteiger partial charge < -0.3 is 14.2 Å². The van der Waals surface area contributed by atoms with Gasteiger partial charge in [-0.15, -0.1) is 10.2 Å². The average molecular weight is 448 g/mol. The van der Waals surface area contributed by atoms with Crippen molar-refractivity contribution in [2.45, 2.75) is 50.9 Å². The molecule has 0 aliphatic carbocycles. The third-order valence-electron chi connectivity index (χ3n) is 6.01. The number of piperidine rings is 1. The second-order valence-corrected chi connectivity index (χ2v) is 10.8. The first-order chi connectivity index (χ1) is 14.9. The molecule has 10 heteroatoms. The van der Waals surface area contributed by atoms with Crippen molar-refractivity contribution in [3.05, 3.63) is 42.0 Å². The topological polar surface area (TPSA) is 97.6 Å². The van der Waals surface area contributed by atoms with Crippen molar-refractivity contribution in [1.82, 2.24) is 24.0 Å². The molecule has 1 aromatic carbocycles. The summed E-state index contributed by atoms with van der Waals surface area (Å²) in [5.74, 6) is 2.45. The van der Waals surface area contributed by atoms with E-state index in [4.69, 9.17) is 4.74 Å². The second kappa shape index (κ2) is 8.96. The minimum Gasteiger partial charge on any atom is -0.484 e. The van der Waals surface area contributed by atoms with Crippen LogP contribution >= 0.6 is 0 Å². The first-order valence-electron chi connectivity index (χ1n) is 10.7. The van der Waals surface area contributed by atoms with E-state index in [1.807, 2.05) is 30.3 Å². The first-order valence-corrected chi connectivity index (χ1v) is 12.2. The van der Waals surface area contributed by atoms with Crippen LogP contribution < -0.4 is 4.74 Å². The van der Waals surface area contributed by atoms with E-state index in [2.05, 4.69) is 14.8 Å². The maximum Gasteiger partial charge on any atom is 0.260 e. The Hall–Kier alpha value is -2.46. The number of ether oxygens (including phenoxy) is 1. The summed E-state index contributed by atoms with van der Waals surface area (Å²) in [5.41, 5.74) is 0. The summed E-state index contributed by atoms with van der Waals surface area (Å²) in [4.78, 5) is 14.3. The second-order valence-electron chi connectivity index (χ2n) is 8.31. The molecule has 0 radical (unpaired) electrons. The maximum absolute atomic E-state index is 12.6. The van der Waals surface area contributed by atoms with Gasteiger partial charge in [0.2, 0.25) is 10.0 Å². The fourth-order valence-corrected chi connectivity index (χ4v) is 5.43. The number of hydrogen-bond donors (Lipinski definition) is 0. The molecule has 1 saturated heterocycles. The predicted molar refractivity (Wildman–Crippen MR) is 115 cm³/mol. The van der Waals surface area contributed by atoms with Crippen molar-refractivity contribution < 1.29 is 17.9 Å². The predicted octanol–water partition coefficient (Wildman–Crippen LogP) is 1.62. The molecular weight excluding hydrogens is 418 g/mol. The highest BCUT2D eigenvalue weighted by Gasteiger charge is 2.34. The molecule has 0 N–H and O–H groups in total. The number of carbonyl (C=O) groups is 1. The highest BCUT2D eigenvalue weighted by molar-refractivity contribution is 7.89. The standard InChI is InChI=1S/C21H29N5O4S/c1-16(2)31(28,29)25-10-8-17(9-11-25)21-23-22-19-14-24(12-13-26(19)21)20(27)15-30-18-6-4-3-5-7-18/h3-7,16-17H,8-15H2,1-2H3. The number of benzene rings is 1. The van der Waals surface area contributed by atoms with Crippen molar-refractivity contribution in [3.63, 3.8) is 0 Å². The van der Waals surface area contributed by atoms with E-state index in [1.165, 1.54) is 0 Å². The van der Waals surface area contributed by atoms with Crippen LogP contribution in [0.5, 0.6) is 5.75 Å². The zero-order valence-corrected chi connectivity index (χ0v) is 18.8. The Morgan fingerprint density at radius 2 is 1.81 bits per heavy atom. The Kier molecular flexibility index (Phi) is 6.29. The number of rotatable bonds is 6. The Bertz CT molecular complexity index is 1010. The number of fused-ring (bicyclic) bond motifs is 1. The summed E-state index contributed by atoms with van der Waals surface area (Å²) in [6.07, 6.45) is 1.47. The van der Waals surface area contributed by atoms with Gasteiger partial charge in [0.1, 0.15) is 11.6 Å². The molecule has 2 aliphatic heterocycles. The van der Waals surface area contributed by atoms with Gasteiger partial charge in [0.05, 0.1) is 11.8 Å². The van der Waals surface area contributed by atoms with Gasteiger partial charge >= 0.3 is 0 Å². The molecule has 168 valence electrons. The molecule has 0 saturated carbocycles. The summed E-state index contributed by atoms with van der Waals surface area (Å²) < 4.78 is 34.1. The zero-order valence-electron chi connectivity index (χ0n) is 18.0. The van der Waals surface area contributed by atoms with Crippen LogP contribution in [-0.2, 0) is 27.9 Å². The first kappa shape index (κ1) is 21.8. The van der Waals surface area contributed by atoms with Crippen molar-refractivity contribution in [2.24, 2.45) is 0 Å². The normalized spacial score (nSPS) is 18.2. The maximum atomic E-state index is 12.6. The summed E-state index contributed by atoms with van der Waals surface area (Å²) >= 11 is 0. The Labute approximate surface area is 183 Å². The highest BCUT2D eigenvalue weighted by atomic mass is 32.2. The lowest BCUT2D eigenvalue weighted by Crippen LogP contribution is -2.43. The highest BCUT2D eigenvalue weighted by Crippen LogP contribution is 2.30. The van der Waals surface area contributed by atoms with Gasteiger partial charge in [0, 0.05) is 32.1 Å². The van der Waals surface area contributed by atoms with E-state index >= 15 is 0 Å². The molecule has 2 aromatic rings.